The molecular weight excluding hydrogens is 356 g/mol. The molecule has 27 heavy (non-hydrogen) atoms. The molecule has 1 atom stereocenters. The number of hydrogen-bond donors (Lipinski definition) is 1. The predicted octanol–water partition coefficient (Wildman–Crippen LogP) is 5.72. The van der Waals surface area contributed by atoms with Gasteiger partial charge in [-0.2, -0.15) is 5.26 Å². The Kier molecular flexibility index (Phi) is 5.43. The number of anilines is 2. The quantitative estimate of drug-likeness (QED) is 0.591. The number of hydrogen-bond acceptors (Lipinski definition) is 4. The Hall–Kier alpha value is -2.90. The standard InChI is InChI=1S/C22H21ClN4/c1-22(2,3)17-8-6-16(7-9-17)20(23)19-12-13-25-21(27-19)26-18-10-4-15(14-24)5-11-18/h4-13,20H,1-3H3,(H,25,26,27). The van der Waals surface area contributed by atoms with Gasteiger partial charge in [-0.15, -0.1) is 11.6 Å². The second-order valence-corrected chi connectivity index (χ2v) is 7.79. The monoisotopic (exact) mass is 376 g/mol. The summed E-state index contributed by atoms with van der Waals surface area (Å²) in [5, 5.41) is 11.7. The van der Waals surface area contributed by atoms with Crippen LogP contribution in [0.25, 0.3) is 0 Å². The zero-order valence-electron chi connectivity index (χ0n) is 15.6. The normalized spacial score (nSPS) is 12.3. The summed E-state index contributed by atoms with van der Waals surface area (Å²) >= 11 is 6.66. The van der Waals surface area contributed by atoms with E-state index in [0.29, 0.717) is 11.5 Å². The average Bonchev–Trinajstić information content (AvgIpc) is 2.68. The number of nitrogens with one attached hydrogen (secondary N) is 1. The molecule has 0 aliphatic rings. The summed E-state index contributed by atoms with van der Waals surface area (Å²) in [7, 11) is 0. The smallest absolute Gasteiger partial charge is 0.227 e. The third-order valence-electron chi connectivity index (χ3n) is 4.28. The maximum atomic E-state index is 8.88. The summed E-state index contributed by atoms with van der Waals surface area (Å²) in [5.74, 6) is 0.467. The third kappa shape index (κ3) is 4.64. The van der Waals surface area contributed by atoms with Crippen molar-refractivity contribution < 1.29 is 0 Å². The highest BCUT2D eigenvalue weighted by Gasteiger charge is 2.17. The lowest BCUT2D eigenvalue weighted by Crippen LogP contribution is -2.11. The number of halogens is 1. The van der Waals surface area contributed by atoms with Gasteiger partial charge in [0.05, 0.1) is 17.3 Å². The fraction of sp³-hybridized carbons (Fsp3) is 0.227. The Morgan fingerprint density at radius 3 is 2.26 bits per heavy atom. The van der Waals surface area contributed by atoms with Crippen molar-refractivity contribution in [3.05, 3.63) is 83.2 Å². The molecule has 1 N–H and O–H groups in total. The first-order valence-corrected chi connectivity index (χ1v) is 9.15. The Bertz CT molecular complexity index is 951. The fourth-order valence-electron chi connectivity index (χ4n) is 2.65. The zero-order chi connectivity index (χ0) is 19.4. The van der Waals surface area contributed by atoms with E-state index in [1.54, 1.807) is 18.3 Å². The molecule has 2 aromatic carbocycles. The van der Waals surface area contributed by atoms with Crippen LogP contribution >= 0.6 is 11.6 Å². The van der Waals surface area contributed by atoms with E-state index in [1.165, 1.54) is 5.56 Å². The molecule has 5 heteroatoms. The number of alkyl halides is 1. The number of nitrogens with zero attached hydrogens (tertiary/aromatic N) is 3. The summed E-state index contributed by atoms with van der Waals surface area (Å²) < 4.78 is 0. The maximum Gasteiger partial charge on any atom is 0.227 e. The van der Waals surface area contributed by atoms with Crippen molar-refractivity contribution in [3.8, 4) is 6.07 Å². The van der Waals surface area contributed by atoms with Crippen LogP contribution in [0.1, 0.15) is 48.5 Å². The summed E-state index contributed by atoms with van der Waals surface area (Å²) in [6.45, 7) is 6.56. The van der Waals surface area contributed by atoms with Crippen molar-refractivity contribution in [2.75, 3.05) is 5.32 Å². The number of nitriles is 1. The largest absolute Gasteiger partial charge is 0.324 e. The molecule has 0 saturated heterocycles. The fourth-order valence-corrected chi connectivity index (χ4v) is 2.92. The lowest BCUT2D eigenvalue weighted by molar-refractivity contribution is 0.590. The van der Waals surface area contributed by atoms with Gasteiger partial charge in [-0.3, -0.25) is 0 Å². The molecule has 0 fully saturated rings. The minimum absolute atomic E-state index is 0.105. The Morgan fingerprint density at radius 2 is 1.67 bits per heavy atom. The van der Waals surface area contributed by atoms with Gasteiger partial charge in [-0.25, -0.2) is 9.97 Å². The lowest BCUT2D eigenvalue weighted by Gasteiger charge is -2.20. The molecule has 136 valence electrons. The molecule has 3 aromatic rings. The van der Waals surface area contributed by atoms with Crippen LogP contribution < -0.4 is 5.32 Å². The molecule has 4 nitrogen and oxygen atoms in total. The van der Waals surface area contributed by atoms with Gasteiger partial charge in [-0.1, -0.05) is 45.0 Å². The summed E-state index contributed by atoms with van der Waals surface area (Å²) in [6, 6.07) is 19.4. The van der Waals surface area contributed by atoms with Gasteiger partial charge >= 0.3 is 0 Å². The number of rotatable bonds is 4. The van der Waals surface area contributed by atoms with Gasteiger partial charge in [0.25, 0.3) is 0 Å². The molecule has 0 aliphatic heterocycles. The van der Waals surface area contributed by atoms with Crippen LogP contribution in [-0.4, -0.2) is 9.97 Å². The second-order valence-electron chi connectivity index (χ2n) is 7.35. The van der Waals surface area contributed by atoms with E-state index < -0.39 is 0 Å². The lowest BCUT2D eigenvalue weighted by atomic mass is 9.86. The summed E-state index contributed by atoms with van der Waals surface area (Å²) in [5.41, 5.74) is 4.51. The highest BCUT2D eigenvalue weighted by molar-refractivity contribution is 6.22. The van der Waals surface area contributed by atoms with Crippen LogP contribution in [0.15, 0.2) is 60.8 Å². The maximum absolute atomic E-state index is 8.88. The first-order chi connectivity index (χ1) is 12.9. The van der Waals surface area contributed by atoms with E-state index in [0.717, 1.165) is 16.9 Å². The van der Waals surface area contributed by atoms with E-state index in [-0.39, 0.29) is 10.8 Å². The van der Waals surface area contributed by atoms with E-state index in [9.17, 15) is 0 Å². The van der Waals surface area contributed by atoms with Gasteiger partial charge < -0.3 is 5.32 Å². The van der Waals surface area contributed by atoms with Crippen LogP contribution in [0.4, 0.5) is 11.6 Å². The molecule has 3 rings (SSSR count). The first-order valence-electron chi connectivity index (χ1n) is 8.71. The zero-order valence-corrected chi connectivity index (χ0v) is 16.3. The Balaban J connectivity index is 1.78. The van der Waals surface area contributed by atoms with E-state index in [1.807, 2.05) is 30.3 Å². The second kappa shape index (κ2) is 7.77. The van der Waals surface area contributed by atoms with Crippen LogP contribution in [-0.2, 0) is 5.41 Å². The van der Waals surface area contributed by atoms with E-state index in [2.05, 4.69) is 54.3 Å². The van der Waals surface area contributed by atoms with Gasteiger partial charge in [0.2, 0.25) is 5.95 Å². The Labute approximate surface area is 164 Å². The molecule has 0 bridgehead atoms. The molecule has 1 aromatic heterocycles. The first kappa shape index (κ1) is 18.9. The van der Waals surface area contributed by atoms with Crippen LogP contribution in [0, 0.1) is 11.3 Å². The van der Waals surface area contributed by atoms with Crippen molar-refractivity contribution in [3.63, 3.8) is 0 Å². The van der Waals surface area contributed by atoms with Crippen LogP contribution in [0.2, 0.25) is 0 Å². The highest BCUT2D eigenvalue weighted by atomic mass is 35.5. The molecule has 1 unspecified atom stereocenters. The molecular formula is C22H21ClN4. The summed E-state index contributed by atoms with van der Waals surface area (Å²) in [6.07, 6.45) is 1.69. The minimum Gasteiger partial charge on any atom is -0.324 e. The van der Waals surface area contributed by atoms with Gasteiger partial charge in [0, 0.05) is 11.9 Å². The Morgan fingerprint density at radius 1 is 1.00 bits per heavy atom. The van der Waals surface area contributed by atoms with Crippen molar-refractivity contribution in [1.82, 2.24) is 9.97 Å². The van der Waals surface area contributed by atoms with Gasteiger partial charge in [0.1, 0.15) is 5.38 Å². The molecule has 0 spiro atoms. The average molecular weight is 377 g/mol. The highest BCUT2D eigenvalue weighted by Crippen LogP contribution is 2.30. The topological polar surface area (TPSA) is 61.6 Å². The predicted molar refractivity (Wildman–Crippen MR) is 109 cm³/mol. The van der Waals surface area contributed by atoms with Crippen LogP contribution in [0.5, 0.6) is 0 Å². The molecule has 0 saturated carbocycles. The third-order valence-corrected chi connectivity index (χ3v) is 4.75. The number of benzene rings is 2. The van der Waals surface area contributed by atoms with Crippen molar-refractivity contribution in [1.29, 1.82) is 5.26 Å². The minimum atomic E-state index is -0.358. The van der Waals surface area contributed by atoms with Crippen LogP contribution in [0.3, 0.4) is 0 Å². The van der Waals surface area contributed by atoms with Crippen molar-refractivity contribution in [2.45, 2.75) is 31.6 Å². The molecule has 1 heterocycles. The molecule has 0 radical (unpaired) electrons. The number of aromatic nitrogens is 2. The molecule has 0 aliphatic carbocycles. The SMILES string of the molecule is CC(C)(C)c1ccc(C(Cl)c2ccnc(Nc3ccc(C#N)cc3)n2)cc1. The van der Waals surface area contributed by atoms with Crippen molar-refractivity contribution in [2.24, 2.45) is 0 Å². The van der Waals surface area contributed by atoms with Gasteiger partial charge in [-0.05, 0) is 46.9 Å². The summed E-state index contributed by atoms with van der Waals surface area (Å²) in [4.78, 5) is 8.79. The van der Waals surface area contributed by atoms with Crippen molar-refractivity contribution >= 4 is 23.2 Å². The van der Waals surface area contributed by atoms with E-state index in [4.69, 9.17) is 16.9 Å². The van der Waals surface area contributed by atoms with Gasteiger partial charge in [0.15, 0.2) is 0 Å². The molecule has 0 amide bonds. The van der Waals surface area contributed by atoms with E-state index >= 15 is 0 Å².